The number of rotatable bonds is 3. The average molecular weight is 406 g/mol. The number of fused-ring (bicyclic) bond motifs is 1. The molecule has 2 amide bonds. The van der Waals surface area contributed by atoms with Crippen molar-refractivity contribution in [2.75, 3.05) is 27.2 Å². The Morgan fingerprint density at radius 2 is 1.97 bits per heavy atom. The summed E-state index contributed by atoms with van der Waals surface area (Å²) in [6.45, 7) is 1.49. The Balaban J connectivity index is 1.29. The molecule has 2 aromatic heterocycles. The van der Waals surface area contributed by atoms with Crippen molar-refractivity contribution in [1.29, 1.82) is 0 Å². The maximum Gasteiger partial charge on any atom is 0.275 e. The van der Waals surface area contributed by atoms with Gasteiger partial charge in [-0.25, -0.2) is 4.68 Å². The number of H-pyrrole nitrogens is 1. The Labute approximate surface area is 174 Å². The zero-order chi connectivity index (χ0) is 20.9. The highest BCUT2D eigenvalue weighted by Gasteiger charge is 2.50. The third kappa shape index (κ3) is 2.89. The second-order valence-electron chi connectivity index (χ2n) is 8.74. The maximum atomic E-state index is 13.2. The largest absolute Gasteiger partial charge is 0.361 e. The number of likely N-dealkylation sites (tertiary alicyclic amines) is 1. The molecule has 3 aromatic rings. The smallest absolute Gasteiger partial charge is 0.275 e. The van der Waals surface area contributed by atoms with E-state index in [4.69, 9.17) is 0 Å². The summed E-state index contributed by atoms with van der Waals surface area (Å²) in [5, 5.41) is 9.31. The molecule has 1 aliphatic heterocycles. The van der Waals surface area contributed by atoms with Crippen LogP contribution in [0.15, 0.2) is 36.7 Å². The van der Waals surface area contributed by atoms with Gasteiger partial charge in [-0.1, -0.05) is 11.3 Å². The number of benzene rings is 1. The molecule has 8 heteroatoms. The maximum absolute atomic E-state index is 13.2. The van der Waals surface area contributed by atoms with E-state index in [1.807, 2.05) is 40.0 Å². The zero-order valence-electron chi connectivity index (χ0n) is 17.3. The van der Waals surface area contributed by atoms with Crippen molar-refractivity contribution in [2.24, 2.45) is 5.41 Å². The van der Waals surface area contributed by atoms with Crippen molar-refractivity contribution in [3.8, 4) is 0 Å². The fraction of sp³-hybridized carbons (Fsp3) is 0.455. The van der Waals surface area contributed by atoms with Crippen LogP contribution in [0.5, 0.6) is 0 Å². The Hall–Kier alpha value is -3.16. The predicted molar refractivity (Wildman–Crippen MR) is 112 cm³/mol. The van der Waals surface area contributed by atoms with Crippen molar-refractivity contribution in [2.45, 2.75) is 31.7 Å². The third-order valence-electron chi connectivity index (χ3n) is 6.95. The molecular weight excluding hydrogens is 380 g/mol. The summed E-state index contributed by atoms with van der Waals surface area (Å²) >= 11 is 0. The third-order valence-corrected chi connectivity index (χ3v) is 6.95. The van der Waals surface area contributed by atoms with Gasteiger partial charge in [-0.05, 0) is 49.3 Å². The van der Waals surface area contributed by atoms with Crippen LogP contribution in [-0.2, 0) is 0 Å². The van der Waals surface area contributed by atoms with E-state index in [9.17, 15) is 9.59 Å². The summed E-state index contributed by atoms with van der Waals surface area (Å²) in [5.74, 6) is -0.0282. The topological polar surface area (TPSA) is 87.1 Å². The highest BCUT2D eigenvalue weighted by molar-refractivity contribution is 6.06. The van der Waals surface area contributed by atoms with E-state index >= 15 is 0 Å². The molecule has 156 valence electrons. The van der Waals surface area contributed by atoms with E-state index in [0.29, 0.717) is 5.69 Å². The van der Waals surface area contributed by atoms with Crippen LogP contribution in [-0.4, -0.2) is 68.8 Å². The molecule has 2 aliphatic rings. The number of hydrogen-bond acceptors (Lipinski definition) is 4. The number of amides is 2. The number of piperidine rings is 1. The summed E-state index contributed by atoms with van der Waals surface area (Å²) < 4.78 is 1.87. The first-order valence-corrected chi connectivity index (χ1v) is 10.5. The van der Waals surface area contributed by atoms with Gasteiger partial charge in [0.25, 0.3) is 11.8 Å². The highest BCUT2D eigenvalue weighted by atomic mass is 16.2. The first kappa shape index (κ1) is 18.8. The SMILES string of the molecule is CN(C)C(=O)c1cn(C2CCC23CCN(C(=O)c2cccc4[nH]ccc24)CC3)nn1. The second-order valence-corrected chi connectivity index (χ2v) is 8.74. The minimum absolute atomic E-state index is 0.102. The number of nitrogens with zero attached hydrogens (tertiary/aromatic N) is 5. The number of hydrogen-bond donors (Lipinski definition) is 1. The molecule has 1 saturated heterocycles. The summed E-state index contributed by atoms with van der Waals surface area (Å²) in [6, 6.07) is 8.04. The van der Waals surface area contributed by atoms with Crippen LogP contribution in [0.3, 0.4) is 0 Å². The van der Waals surface area contributed by atoms with Crippen LogP contribution in [0.1, 0.15) is 52.6 Å². The van der Waals surface area contributed by atoms with Gasteiger partial charge in [0.1, 0.15) is 0 Å². The van der Waals surface area contributed by atoms with Crippen LogP contribution in [0.2, 0.25) is 0 Å². The molecular formula is C22H26N6O2. The molecule has 1 spiro atoms. The molecule has 8 nitrogen and oxygen atoms in total. The minimum atomic E-state index is -0.131. The van der Waals surface area contributed by atoms with Gasteiger partial charge in [0.2, 0.25) is 0 Å². The van der Waals surface area contributed by atoms with E-state index in [0.717, 1.165) is 55.2 Å². The van der Waals surface area contributed by atoms with Crippen LogP contribution >= 0.6 is 0 Å². The van der Waals surface area contributed by atoms with Gasteiger partial charge in [-0.2, -0.15) is 0 Å². The Morgan fingerprint density at radius 3 is 2.67 bits per heavy atom. The number of carbonyl (C=O) groups excluding carboxylic acids is 2. The molecule has 1 N–H and O–H groups in total. The Kier molecular flexibility index (Phi) is 4.38. The minimum Gasteiger partial charge on any atom is -0.361 e. The Morgan fingerprint density at radius 1 is 1.17 bits per heavy atom. The van der Waals surface area contributed by atoms with E-state index < -0.39 is 0 Å². The molecule has 2 fully saturated rings. The van der Waals surface area contributed by atoms with Gasteiger partial charge >= 0.3 is 0 Å². The molecule has 1 atom stereocenters. The van der Waals surface area contributed by atoms with Crippen molar-refractivity contribution < 1.29 is 9.59 Å². The molecule has 1 unspecified atom stereocenters. The fourth-order valence-electron chi connectivity index (χ4n) is 5.03. The van der Waals surface area contributed by atoms with Gasteiger partial charge in [0.05, 0.1) is 12.2 Å². The van der Waals surface area contributed by atoms with Crippen molar-refractivity contribution >= 4 is 22.7 Å². The first-order valence-electron chi connectivity index (χ1n) is 10.5. The van der Waals surface area contributed by atoms with E-state index in [-0.39, 0.29) is 23.3 Å². The van der Waals surface area contributed by atoms with Gasteiger partial charge in [0, 0.05) is 49.8 Å². The molecule has 30 heavy (non-hydrogen) atoms. The van der Waals surface area contributed by atoms with Gasteiger partial charge in [-0.3, -0.25) is 9.59 Å². The molecule has 0 bridgehead atoms. The summed E-state index contributed by atoms with van der Waals surface area (Å²) in [7, 11) is 3.43. The standard InChI is InChI=1S/C22H26N6O2/c1-26(2)21(30)18-14-28(25-24-18)19-6-8-22(19)9-12-27(13-10-22)20(29)16-4-3-5-17-15(16)7-11-23-17/h3-5,7,11,14,19,23H,6,8-10,12-13H2,1-2H3. The number of aromatic nitrogens is 4. The summed E-state index contributed by atoms with van der Waals surface area (Å²) in [6.07, 6.45) is 7.71. The molecule has 0 radical (unpaired) electrons. The molecule has 3 heterocycles. The van der Waals surface area contributed by atoms with Crippen molar-refractivity contribution in [1.82, 2.24) is 29.8 Å². The van der Waals surface area contributed by atoms with E-state index in [1.165, 1.54) is 4.90 Å². The van der Waals surface area contributed by atoms with Crippen LogP contribution in [0, 0.1) is 5.41 Å². The first-order chi connectivity index (χ1) is 14.5. The zero-order valence-corrected chi connectivity index (χ0v) is 17.3. The molecule has 1 aliphatic carbocycles. The number of aromatic amines is 1. The molecule has 1 saturated carbocycles. The highest BCUT2D eigenvalue weighted by Crippen LogP contribution is 2.56. The predicted octanol–water partition coefficient (Wildman–Crippen LogP) is 2.72. The second kappa shape index (κ2) is 6.97. The molecule has 5 rings (SSSR count). The van der Waals surface area contributed by atoms with Crippen molar-refractivity contribution in [3.05, 3.63) is 47.9 Å². The monoisotopic (exact) mass is 406 g/mol. The van der Waals surface area contributed by atoms with Crippen molar-refractivity contribution in [3.63, 3.8) is 0 Å². The lowest BCUT2D eigenvalue weighted by Gasteiger charge is -2.53. The lowest BCUT2D eigenvalue weighted by molar-refractivity contribution is -0.0268. The summed E-state index contributed by atoms with van der Waals surface area (Å²) in [4.78, 5) is 32.0. The Bertz CT molecular complexity index is 1110. The number of carbonyl (C=O) groups is 2. The summed E-state index contributed by atoms with van der Waals surface area (Å²) in [5.41, 5.74) is 2.28. The van der Waals surface area contributed by atoms with Gasteiger partial charge < -0.3 is 14.8 Å². The lowest BCUT2D eigenvalue weighted by atomic mass is 9.59. The van der Waals surface area contributed by atoms with E-state index in [1.54, 1.807) is 20.3 Å². The lowest BCUT2D eigenvalue weighted by Crippen LogP contribution is -2.51. The van der Waals surface area contributed by atoms with E-state index in [2.05, 4.69) is 15.3 Å². The van der Waals surface area contributed by atoms with Gasteiger partial charge in [-0.15, -0.1) is 5.10 Å². The quantitative estimate of drug-likeness (QED) is 0.725. The van der Waals surface area contributed by atoms with Crippen LogP contribution in [0.25, 0.3) is 10.9 Å². The van der Waals surface area contributed by atoms with Gasteiger partial charge in [0.15, 0.2) is 5.69 Å². The fourth-order valence-corrected chi connectivity index (χ4v) is 5.03. The normalized spacial score (nSPS) is 20.3. The molecule has 1 aromatic carbocycles. The van der Waals surface area contributed by atoms with Crippen LogP contribution < -0.4 is 0 Å². The number of nitrogens with one attached hydrogen (secondary N) is 1. The average Bonchev–Trinajstić information content (AvgIpc) is 3.41. The van der Waals surface area contributed by atoms with Crippen LogP contribution in [0.4, 0.5) is 0 Å².